The highest BCUT2D eigenvalue weighted by Crippen LogP contribution is 2.32. The summed E-state index contributed by atoms with van der Waals surface area (Å²) in [6, 6.07) is 20.1. The van der Waals surface area contributed by atoms with E-state index in [2.05, 4.69) is 5.32 Å². The lowest BCUT2D eigenvalue weighted by molar-refractivity contribution is -0.117. The van der Waals surface area contributed by atoms with Crippen LogP contribution in [0.3, 0.4) is 0 Å². The fourth-order valence-electron chi connectivity index (χ4n) is 4.28. The van der Waals surface area contributed by atoms with Gasteiger partial charge in [-0.05, 0) is 49.2 Å². The lowest BCUT2D eigenvalue weighted by atomic mass is 10.1. The van der Waals surface area contributed by atoms with E-state index < -0.39 is 0 Å². The number of aromatic nitrogens is 2. The summed E-state index contributed by atoms with van der Waals surface area (Å²) in [5.74, 6) is 1.02. The summed E-state index contributed by atoms with van der Waals surface area (Å²) in [6.07, 6.45) is 1.82. The van der Waals surface area contributed by atoms with Crippen molar-refractivity contribution < 1.29 is 19.1 Å². The van der Waals surface area contributed by atoms with Crippen molar-refractivity contribution in [3.05, 3.63) is 89.1 Å². The summed E-state index contributed by atoms with van der Waals surface area (Å²) < 4.78 is 12.6. The molecule has 40 heavy (non-hydrogen) atoms. The number of amides is 2. The molecule has 4 rings (SSSR count). The highest BCUT2D eigenvalue weighted by atomic mass is 35.5. The molecule has 0 atom stereocenters. The van der Waals surface area contributed by atoms with E-state index in [1.807, 2.05) is 57.3 Å². The van der Waals surface area contributed by atoms with E-state index in [1.54, 1.807) is 60.1 Å². The van der Waals surface area contributed by atoms with Crippen LogP contribution in [-0.2, 0) is 4.79 Å². The van der Waals surface area contributed by atoms with Crippen molar-refractivity contribution in [1.29, 1.82) is 0 Å². The molecule has 9 heteroatoms. The van der Waals surface area contributed by atoms with E-state index in [1.165, 1.54) is 0 Å². The van der Waals surface area contributed by atoms with Crippen molar-refractivity contribution in [2.75, 3.05) is 32.6 Å². The predicted octanol–water partition coefficient (Wildman–Crippen LogP) is 6.26. The number of hydrogen-bond acceptors (Lipinski definition) is 5. The van der Waals surface area contributed by atoms with Gasteiger partial charge in [-0.2, -0.15) is 0 Å². The zero-order valence-corrected chi connectivity index (χ0v) is 24.0. The number of carbonyl (C=O) groups is 2. The van der Waals surface area contributed by atoms with Gasteiger partial charge in [-0.25, -0.2) is 4.98 Å². The largest absolute Gasteiger partial charge is 0.493 e. The number of hydrogen-bond donors (Lipinski definition) is 1. The molecule has 0 saturated heterocycles. The first-order valence-electron chi connectivity index (χ1n) is 12.9. The number of methoxy groups -OCH3 is 2. The Kier molecular flexibility index (Phi) is 9.11. The van der Waals surface area contributed by atoms with Crippen LogP contribution in [-0.4, -0.2) is 53.6 Å². The zero-order valence-electron chi connectivity index (χ0n) is 23.3. The van der Waals surface area contributed by atoms with Crippen LogP contribution in [0.15, 0.2) is 72.9 Å². The first kappa shape index (κ1) is 28.7. The molecule has 0 bridgehead atoms. The fourth-order valence-corrected chi connectivity index (χ4v) is 4.40. The number of aryl methyl sites for hydroxylation is 1. The Morgan fingerprint density at radius 2 is 1.65 bits per heavy atom. The number of ether oxygens (including phenoxy) is 2. The molecule has 4 aromatic rings. The Labute approximate surface area is 239 Å². The third-order valence-corrected chi connectivity index (χ3v) is 6.50. The molecule has 1 heterocycles. The number of imidazole rings is 1. The van der Waals surface area contributed by atoms with Crippen molar-refractivity contribution in [2.24, 2.45) is 5.92 Å². The second kappa shape index (κ2) is 12.7. The van der Waals surface area contributed by atoms with Crippen molar-refractivity contribution in [3.8, 4) is 28.4 Å². The maximum atomic E-state index is 13.4. The van der Waals surface area contributed by atoms with Crippen LogP contribution in [0.25, 0.3) is 16.9 Å². The second-order valence-electron chi connectivity index (χ2n) is 9.86. The van der Waals surface area contributed by atoms with Crippen LogP contribution in [0.4, 0.5) is 5.95 Å². The fraction of sp³-hybridized carbons (Fsp3) is 0.258. The van der Waals surface area contributed by atoms with Crippen LogP contribution in [0.5, 0.6) is 11.5 Å². The van der Waals surface area contributed by atoms with Crippen molar-refractivity contribution in [1.82, 2.24) is 14.5 Å². The minimum atomic E-state index is -0.365. The molecule has 0 spiro atoms. The summed E-state index contributed by atoms with van der Waals surface area (Å²) in [5, 5.41) is 3.53. The van der Waals surface area contributed by atoms with Gasteiger partial charge in [0.1, 0.15) is 6.54 Å². The zero-order chi connectivity index (χ0) is 28.8. The number of anilines is 1. The number of nitrogens with zero attached hydrogens (tertiary/aromatic N) is 3. The lowest BCUT2D eigenvalue weighted by Gasteiger charge is -2.24. The first-order chi connectivity index (χ1) is 19.2. The summed E-state index contributed by atoms with van der Waals surface area (Å²) in [6.45, 7) is 6.29. The molecule has 1 N–H and O–H groups in total. The van der Waals surface area contributed by atoms with Gasteiger partial charge in [-0.3, -0.25) is 19.5 Å². The highest BCUT2D eigenvalue weighted by Gasteiger charge is 2.22. The number of benzene rings is 3. The Bertz CT molecular complexity index is 1480. The van der Waals surface area contributed by atoms with E-state index in [0.29, 0.717) is 46.0 Å². The minimum absolute atomic E-state index is 0.125. The average Bonchev–Trinajstić information content (AvgIpc) is 3.35. The summed E-state index contributed by atoms with van der Waals surface area (Å²) in [4.78, 5) is 33.0. The summed E-state index contributed by atoms with van der Waals surface area (Å²) in [7, 11) is 3.13. The van der Waals surface area contributed by atoms with Crippen LogP contribution in [0.2, 0.25) is 5.02 Å². The van der Waals surface area contributed by atoms with Gasteiger partial charge >= 0.3 is 0 Å². The second-order valence-corrected chi connectivity index (χ2v) is 10.3. The average molecular weight is 561 g/mol. The van der Waals surface area contributed by atoms with Crippen LogP contribution >= 0.6 is 11.6 Å². The normalized spacial score (nSPS) is 10.9. The summed E-state index contributed by atoms with van der Waals surface area (Å²) >= 11 is 6.08. The molecule has 3 aromatic carbocycles. The van der Waals surface area contributed by atoms with Crippen molar-refractivity contribution in [3.63, 3.8) is 0 Å². The molecule has 208 valence electrons. The molecule has 1 aromatic heterocycles. The van der Waals surface area contributed by atoms with Gasteiger partial charge < -0.3 is 14.4 Å². The van der Waals surface area contributed by atoms with Crippen molar-refractivity contribution >= 4 is 29.4 Å². The van der Waals surface area contributed by atoms with E-state index in [9.17, 15) is 9.59 Å². The van der Waals surface area contributed by atoms with Gasteiger partial charge in [-0.1, -0.05) is 55.3 Å². The van der Waals surface area contributed by atoms with E-state index in [-0.39, 0.29) is 24.3 Å². The Balaban J connectivity index is 1.66. The van der Waals surface area contributed by atoms with Gasteiger partial charge in [-0.15, -0.1) is 0 Å². The van der Waals surface area contributed by atoms with Gasteiger partial charge in [0.15, 0.2) is 11.5 Å². The van der Waals surface area contributed by atoms with Gasteiger partial charge in [0.05, 0.1) is 25.6 Å². The molecular weight excluding hydrogens is 528 g/mol. The number of carbonyl (C=O) groups excluding carboxylic acids is 2. The smallest absolute Gasteiger partial charge is 0.254 e. The van der Waals surface area contributed by atoms with Crippen LogP contribution < -0.4 is 14.8 Å². The molecule has 8 nitrogen and oxygen atoms in total. The Morgan fingerprint density at radius 1 is 0.975 bits per heavy atom. The Hall–Kier alpha value is -4.30. The molecule has 0 fully saturated rings. The Morgan fingerprint density at radius 3 is 2.27 bits per heavy atom. The van der Waals surface area contributed by atoms with E-state index in [4.69, 9.17) is 26.1 Å². The van der Waals surface area contributed by atoms with Crippen molar-refractivity contribution in [2.45, 2.75) is 20.8 Å². The summed E-state index contributed by atoms with van der Waals surface area (Å²) in [5.41, 5.74) is 3.76. The topological polar surface area (TPSA) is 85.7 Å². The van der Waals surface area contributed by atoms with E-state index >= 15 is 0 Å². The quantitative estimate of drug-likeness (QED) is 0.247. The molecule has 0 unspecified atom stereocenters. The molecule has 0 saturated carbocycles. The monoisotopic (exact) mass is 560 g/mol. The van der Waals surface area contributed by atoms with Crippen LogP contribution in [0, 0.1) is 12.8 Å². The van der Waals surface area contributed by atoms with E-state index in [0.717, 1.165) is 11.1 Å². The molecule has 0 aliphatic rings. The maximum absolute atomic E-state index is 13.4. The lowest BCUT2D eigenvalue weighted by Crippen LogP contribution is -2.40. The third-order valence-electron chi connectivity index (χ3n) is 6.25. The minimum Gasteiger partial charge on any atom is -0.493 e. The predicted molar refractivity (Wildman–Crippen MR) is 158 cm³/mol. The highest BCUT2D eigenvalue weighted by molar-refractivity contribution is 6.30. The molecule has 0 aliphatic heterocycles. The number of rotatable bonds is 10. The van der Waals surface area contributed by atoms with Gasteiger partial charge in [0.25, 0.3) is 5.91 Å². The maximum Gasteiger partial charge on any atom is 0.254 e. The molecule has 0 radical (unpaired) electrons. The van der Waals surface area contributed by atoms with Crippen LogP contribution in [0.1, 0.15) is 29.8 Å². The molecule has 2 amide bonds. The first-order valence-corrected chi connectivity index (χ1v) is 13.3. The van der Waals surface area contributed by atoms with Gasteiger partial charge in [0.2, 0.25) is 11.9 Å². The number of nitrogens with one attached hydrogen (secondary N) is 1. The third kappa shape index (κ3) is 6.82. The molecule has 0 aliphatic carbocycles. The SMILES string of the molecule is COc1ccc(-n2cc(-c3ccc(Cl)cc3)nc2NC(=O)CN(CC(C)C)C(=O)c2ccc(C)cc2)cc1OC. The standard InChI is InChI=1S/C31H33ClN4O4/c1-20(2)17-35(30(38)23-8-6-21(3)7-9-23)19-29(37)34-31-33-26(22-10-12-24(32)13-11-22)18-36(31)25-14-15-27(39-4)28(16-25)40-5/h6-16,18,20H,17,19H2,1-5H3,(H,33,34,37). The molecular formula is C31H33ClN4O4. The van der Waals surface area contributed by atoms with Gasteiger partial charge in [0, 0.05) is 35.0 Å². The number of halogens is 1.